The molecular weight excluding hydrogens is 443 g/mol. The molecule has 33 heavy (non-hydrogen) atoms. The zero-order valence-electron chi connectivity index (χ0n) is 19.1. The molecule has 0 radical (unpaired) electrons. The first-order chi connectivity index (χ1) is 15.7. The maximum absolute atomic E-state index is 15.6. The van der Waals surface area contributed by atoms with Gasteiger partial charge in [0, 0.05) is 25.5 Å². The summed E-state index contributed by atoms with van der Waals surface area (Å²) < 4.78 is 22.2. The number of rotatable bonds is 3. The summed E-state index contributed by atoms with van der Waals surface area (Å²) >= 11 is 1.58. The van der Waals surface area contributed by atoms with E-state index in [-0.39, 0.29) is 6.04 Å². The lowest BCUT2D eigenvalue weighted by atomic mass is 9.94. The van der Waals surface area contributed by atoms with Crippen molar-refractivity contribution < 1.29 is 13.9 Å². The van der Waals surface area contributed by atoms with Gasteiger partial charge in [0.25, 0.3) is 0 Å². The Bertz CT molecular complexity index is 1130. The van der Waals surface area contributed by atoms with Gasteiger partial charge in [0.15, 0.2) is 0 Å². The van der Waals surface area contributed by atoms with Crippen LogP contribution < -0.4 is 4.90 Å². The number of anilines is 1. The van der Waals surface area contributed by atoms with E-state index in [1.165, 1.54) is 0 Å². The van der Waals surface area contributed by atoms with Crippen LogP contribution in [0.25, 0.3) is 20.7 Å². The number of halogens is 1. The van der Waals surface area contributed by atoms with Crippen molar-refractivity contribution in [2.45, 2.75) is 69.9 Å². The van der Waals surface area contributed by atoms with Crippen LogP contribution in [-0.4, -0.2) is 68.1 Å². The van der Waals surface area contributed by atoms with E-state index in [1.54, 1.807) is 40.6 Å². The third kappa shape index (κ3) is 4.12. The van der Waals surface area contributed by atoms with E-state index in [2.05, 4.69) is 20.2 Å². The number of aromatic nitrogens is 4. The van der Waals surface area contributed by atoms with Crippen LogP contribution in [0.4, 0.5) is 15.1 Å². The summed E-state index contributed by atoms with van der Waals surface area (Å²) in [6.07, 6.45) is 5.51. The number of hydrogen-bond donors (Lipinski definition) is 0. The monoisotopic (exact) mass is 470 g/mol. The van der Waals surface area contributed by atoms with Crippen LogP contribution in [0.5, 0.6) is 0 Å². The number of amides is 1. The zero-order valence-corrected chi connectivity index (χ0v) is 19.9. The van der Waals surface area contributed by atoms with Crippen molar-refractivity contribution in [2.24, 2.45) is 0 Å². The molecule has 3 aromatic rings. The van der Waals surface area contributed by atoms with Gasteiger partial charge in [0.05, 0.1) is 27.9 Å². The molecule has 0 aromatic carbocycles. The van der Waals surface area contributed by atoms with E-state index in [4.69, 9.17) is 4.74 Å². The van der Waals surface area contributed by atoms with Crippen molar-refractivity contribution in [3.8, 4) is 10.6 Å². The van der Waals surface area contributed by atoms with Crippen molar-refractivity contribution >= 4 is 33.5 Å². The molecule has 2 aliphatic rings. The average Bonchev–Trinajstić information content (AvgIpc) is 3.36. The maximum Gasteiger partial charge on any atom is 0.410 e. The smallest absolute Gasteiger partial charge is 0.410 e. The van der Waals surface area contributed by atoms with Gasteiger partial charge in [-0.2, -0.15) is 0 Å². The largest absolute Gasteiger partial charge is 0.444 e. The number of pyridine rings is 1. The van der Waals surface area contributed by atoms with E-state index < -0.39 is 29.9 Å². The first-order valence-electron chi connectivity index (χ1n) is 11.1. The molecule has 2 fully saturated rings. The van der Waals surface area contributed by atoms with E-state index in [1.807, 2.05) is 39.1 Å². The molecule has 1 amide bonds. The first-order valence-corrected chi connectivity index (χ1v) is 11.9. The number of carbonyl (C=O) groups is 1. The molecule has 2 bridgehead atoms. The molecule has 4 atom stereocenters. The van der Waals surface area contributed by atoms with Crippen molar-refractivity contribution in [3.63, 3.8) is 0 Å². The number of alkyl halides is 1. The fourth-order valence-corrected chi connectivity index (χ4v) is 5.77. The Kier molecular flexibility index (Phi) is 5.43. The summed E-state index contributed by atoms with van der Waals surface area (Å²) in [6, 6.07) is 3.02. The fraction of sp³-hybridized carbons (Fsp3) is 0.522. The summed E-state index contributed by atoms with van der Waals surface area (Å²) in [5.74, 6) is 0.374. The summed E-state index contributed by atoms with van der Waals surface area (Å²) in [5.41, 5.74) is 0.0623. The van der Waals surface area contributed by atoms with Crippen LogP contribution >= 0.6 is 11.3 Å². The molecule has 5 heterocycles. The van der Waals surface area contributed by atoms with Crippen LogP contribution in [0.3, 0.4) is 0 Å². The molecule has 10 heteroatoms. The van der Waals surface area contributed by atoms with Gasteiger partial charge in [-0.15, -0.1) is 21.5 Å². The molecule has 174 valence electrons. The number of fused-ring (bicyclic) bond motifs is 3. The van der Waals surface area contributed by atoms with E-state index >= 15 is 4.39 Å². The predicted molar refractivity (Wildman–Crippen MR) is 125 cm³/mol. The van der Waals surface area contributed by atoms with Crippen molar-refractivity contribution in [1.82, 2.24) is 25.1 Å². The minimum absolute atomic E-state index is 0.0521. The molecule has 2 saturated heterocycles. The van der Waals surface area contributed by atoms with Gasteiger partial charge < -0.3 is 9.64 Å². The summed E-state index contributed by atoms with van der Waals surface area (Å²) in [4.78, 5) is 25.6. The molecule has 0 saturated carbocycles. The molecule has 5 rings (SSSR count). The highest BCUT2D eigenvalue weighted by Crippen LogP contribution is 2.40. The van der Waals surface area contributed by atoms with Gasteiger partial charge in [-0.3, -0.25) is 9.88 Å². The van der Waals surface area contributed by atoms with Crippen molar-refractivity contribution in [3.05, 3.63) is 30.7 Å². The molecule has 8 nitrogen and oxygen atoms in total. The summed E-state index contributed by atoms with van der Waals surface area (Å²) in [7, 11) is 1.79. The molecule has 3 aromatic heterocycles. The number of nitrogens with zero attached hydrogens (tertiary/aromatic N) is 6. The van der Waals surface area contributed by atoms with Gasteiger partial charge in [0.2, 0.25) is 5.95 Å². The Hall–Kier alpha value is -2.88. The van der Waals surface area contributed by atoms with Crippen LogP contribution in [0, 0.1) is 0 Å². The molecule has 0 N–H and O–H groups in total. The van der Waals surface area contributed by atoms with Crippen LogP contribution in [-0.2, 0) is 4.74 Å². The van der Waals surface area contributed by atoms with Crippen molar-refractivity contribution in [2.75, 3.05) is 11.9 Å². The van der Waals surface area contributed by atoms with E-state index in [0.29, 0.717) is 24.5 Å². The highest BCUT2D eigenvalue weighted by molar-refractivity contribution is 7.22. The lowest BCUT2D eigenvalue weighted by Gasteiger charge is -2.44. The summed E-state index contributed by atoms with van der Waals surface area (Å²) in [5, 5.41) is 9.74. The Labute approximate surface area is 195 Å². The highest BCUT2D eigenvalue weighted by atomic mass is 32.1. The number of carbonyl (C=O) groups excluding carboxylic acids is 1. The topological polar surface area (TPSA) is 84.3 Å². The second-order valence-electron chi connectivity index (χ2n) is 9.71. The summed E-state index contributed by atoms with van der Waals surface area (Å²) in [6.45, 7) is 5.47. The number of ether oxygens (including phenoxy) is 1. The van der Waals surface area contributed by atoms with E-state index in [0.717, 1.165) is 21.4 Å². The van der Waals surface area contributed by atoms with Gasteiger partial charge in [-0.25, -0.2) is 14.2 Å². The molecular formula is C23H27FN6O2S. The van der Waals surface area contributed by atoms with Gasteiger partial charge in [0.1, 0.15) is 17.5 Å². The first kappa shape index (κ1) is 21.9. The normalized spacial score (nSPS) is 24.8. The molecule has 0 spiro atoms. The van der Waals surface area contributed by atoms with Crippen molar-refractivity contribution in [1.29, 1.82) is 0 Å². The highest BCUT2D eigenvalue weighted by Gasteiger charge is 2.52. The van der Waals surface area contributed by atoms with Gasteiger partial charge in [-0.05, 0) is 57.6 Å². The SMILES string of the molecule is CN(c1ncc(-c2cc3ccncc3s2)nn1)[C@@H]1C[C@H]2CC[C@@H]([C@@H]1F)N2C(=O)OC(C)(C)C. The van der Waals surface area contributed by atoms with E-state index in [9.17, 15) is 4.79 Å². The Morgan fingerprint density at radius 3 is 2.79 bits per heavy atom. The minimum atomic E-state index is -1.22. The Morgan fingerprint density at radius 2 is 2.09 bits per heavy atom. The Morgan fingerprint density at radius 1 is 1.27 bits per heavy atom. The standard InChI is InChI=1S/C23H27FN6O2S/c1-23(2,3)32-22(31)30-14-5-6-16(30)20(24)17(10-14)29(4)21-26-11-15(27-28-21)18-9-13-7-8-25-12-19(13)33-18/h7-9,11-12,14,16-17,20H,5-6,10H2,1-4H3/t14-,16+,17-,20+/m1/s1. The number of hydrogen-bond acceptors (Lipinski definition) is 8. The number of piperidine rings is 1. The average molecular weight is 471 g/mol. The second-order valence-corrected chi connectivity index (χ2v) is 10.8. The third-order valence-corrected chi connectivity index (χ3v) is 7.45. The van der Waals surface area contributed by atoms with Gasteiger partial charge >= 0.3 is 6.09 Å². The minimum Gasteiger partial charge on any atom is -0.444 e. The predicted octanol–water partition coefficient (Wildman–Crippen LogP) is 4.46. The van der Waals surface area contributed by atoms with Crippen LogP contribution in [0.2, 0.25) is 0 Å². The van der Waals surface area contributed by atoms with Crippen LogP contribution in [0.15, 0.2) is 30.7 Å². The lowest BCUT2D eigenvalue weighted by molar-refractivity contribution is -0.0104. The van der Waals surface area contributed by atoms with Gasteiger partial charge in [-0.1, -0.05) is 0 Å². The second kappa shape index (κ2) is 8.16. The fourth-order valence-electron chi connectivity index (χ4n) is 4.79. The quantitative estimate of drug-likeness (QED) is 0.559. The third-order valence-electron chi connectivity index (χ3n) is 6.34. The molecule has 2 aliphatic heterocycles. The Balaban J connectivity index is 1.32. The zero-order chi connectivity index (χ0) is 23.3. The van der Waals surface area contributed by atoms with Crippen LogP contribution in [0.1, 0.15) is 40.0 Å². The maximum atomic E-state index is 15.6. The number of thiophene rings is 1. The molecule has 0 aliphatic carbocycles. The lowest BCUT2D eigenvalue weighted by Crippen LogP contribution is -2.59. The molecule has 0 unspecified atom stereocenters.